The van der Waals surface area contributed by atoms with Gasteiger partial charge >= 0.3 is 5.97 Å². The van der Waals surface area contributed by atoms with Crippen molar-refractivity contribution in [2.45, 2.75) is 33.6 Å². The molecule has 0 aromatic heterocycles. The second-order valence-electron chi connectivity index (χ2n) is 4.60. The SMILES string of the molecule is CCCN(CCC)c1cc(C(=O)OCC)c(N)cc1F. The van der Waals surface area contributed by atoms with E-state index in [1.54, 1.807) is 6.92 Å². The van der Waals surface area contributed by atoms with Gasteiger partial charge < -0.3 is 15.4 Å². The monoisotopic (exact) mass is 282 g/mol. The molecular weight excluding hydrogens is 259 g/mol. The highest BCUT2D eigenvalue weighted by atomic mass is 19.1. The van der Waals surface area contributed by atoms with Crippen LogP contribution in [-0.4, -0.2) is 25.7 Å². The minimum Gasteiger partial charge on any atom is -0.462 e. The van der Waals surface area contributed by atoms with Crippen LogP contribution in [0, 0.1) is 5.82 Å². The van der Waals surface area contributed by atoms with Crippen molar-refractivity contribution >= 4 is 17.3 Å². The lowest BCUT2D eigenvalue weighted by atomic mass is 10.1. The van der Waals surface area contributed by atoms with E-state index in [2.05, 4.69) is 0 Å². The normalized spacial score (nSPS) is 10.4. The summed E-state index contributed by atoms with van der Waals surface area (Å²) in [7, 11) is 0. The number of anilines is 2. The maximum atomic E-state index is 14.1. The Kier molecular flexibility index (Phi) is 6.28. The second-order valence-corrected chi connectivity index (χ2v) is 4.60. The van der Waals surface area contributed by atoms with E-state index in [0.29, 0.717) is 5.69 Å². The fourth-order valence-electron chi connectivity index (χ4n) is 2.10. The first-order valence-corrected chi connectivity index (χ1v) is 7.06. The molecule has 0 saturated carbocycles. The van der Waals surface area contributed by atoms with Gasteiger partial charge in [-0.05, 0) is 31.9 Å². The fourth-order valence-corrected chi connectivity index (χ4v) is 2.10. The number of rotatable bonds is 7. The molecule has 1 aromatic rings. The molecule has 0 aliphatic heterocycles. The number of carbonyl (C=O) groups excluding carboxylic acids is 1. The van der Waals surface area contributed by atoms with Crippen molar-refractivity contribution in [3.63, 3.8) is 0 Å². The molecule has 0 heterocycles. The van der Waals surface area contributed by atoms with E-state index in [1.165, 1.54) is 12.1 Å². The first-order valence-electron chi connectivity index (χ1n) is 7.06. The smallest absolute Gasteiger partial charge is 0.340 e. The summed E-state index contributed by atoms with van der Waals surface area (Å²) in [5.74, 6) is -0.920. The summed E-state index contributed by atoms with van der Waals surface area (Å²) in [6, 6.07) is 2.69. The van der Waals surface area contributed by atoms with Gasteiger partial charge in [-0.25, -0.2) is 9.18 Å². The van der Waals surface area contributed by atoms with Crippen LogP contribution in [0.5, 0.6) is 0 Å². The van der Waals surface area contributed by atoms with Crippen molar-refractivity contribution in [3.05, 3.63) is 23.5 Å². The number of hydrogen-bond acceptors (Lipinski definition) is 4. The van der Waals surface area contributed by atoms with Gasteiger partial charge in [0.05, 0.1) is 17.9 Å². The maximum absolute atomic E-state index is 14.1. The Balaban J connectivity index is 3.18. The highest BCUT2D eigenvalue weighted by molar-refractivity contribution is 5.96. The molecule has 4 nitrogen and oxygen atoms in total. The summed E-state index contributed by atoms with van der Waals surface area (Å²) in [4.78, 5) is 13.8. The molecule has 0 amide bonds. The lowest BCUT2D eigenvalue weighted by molar-refractivity contribution is 0.0527. The molecule has 5 heteroatoms. The van der Waals surface area contributed by atoms with Gasteiger partial charge in [-0.15, -0.1) is 0 Å². The van der Waals surface area contributed by atoms with Crippen LogP contribution < -0.4 is 10.6 Å². The van der Waals surface area contributed by atoms with E-state index in [0.717, 1.165) is 25.9 Å². The summed E-state index contributed by atoms with van der Waals surface area (Å²) in [6.45, 7) is 7.51. The molecule has 20 heavy (non-hydrogen) atoms. The van der Waals surface area contributed by atoms with Crippen molar-refractivity contribution in [3.8, 4) is 0 Å². The Hall–Kier alpha value is -1.78. The number of nitrogen functional groups attached to an aromatic ring is 1. The molecule has 1 aromatic carbocycles. The van der Waals surface area contributed by atoms with Gasteiger partial charge in [0, 0.05) is 18.8 Å². The van der Waals surface area contributed by atoms with Gasteiger partial charge in [0.15, 0.2) is 0 Å². The predicted molar refractivity (Wildman–Crippen MR) is 79.6 cm³/mol. The number of nitrogens with zero attached hydrogens (tertiary/aromatic N) is 1. The van der Waals surface area contributed by atoms with E-state index < -0.39 is 11.8 Å². The molecule has 0 radical (unpaired) electrons. The minimum absolute atomic E-state index is 0.109. The third-order valence-corrected chi connectivity index (χ3v) is 2.94. The summed E-state index contributed by atoms with van der Waals surface area (Å²) >= 11 is 0. The first-order chi connectivity index (χ1) is 9.54. The standard InChI is InChI=1S/C15H23FN2O2/c1-4-7-18(8-5-2)14-9-11(15(19)20-6-3)13(17)10-12(14)16/h9-10H,4-8,17H2,1-3H3. The summed E-state index contributed by atoms with van der Waals surface area (Å²) in [5.41, 5.74) is 6.45. The zero-order valence-electron chi connectivity index (χ0n) is 12.4. The first kappa shape index (κ1) is 16.3. The van der Waals surface area contributed by atoms with Crippen LogP contribution in [0.4, 0.5) is 15.8 Å². The van der Waals surface area contributed by atoms with Crippen molar-refractivity contribution < 1.29 is 13.9 Å². The van der Waals surface area contributed by atoms with E-state index in [9.17, 15) is 9.18 Å². The van der Waals surface area contributed by atoms with Crippen molar-refractivity contribution in [2.75, 3.05) is 30.3 Å². The van der Waals surface area contributed by atoms with Crippen molar-refractivity contribution in [2.24, 2.45) is 0 Å². The van der Waals surface area contributed by atoms with E-state index in [-0.39, 0.29) is 17.9 Å². The van der Waals surface area contributed by atoms with E-state index in [4.69, 9.17) is 10.5 Å². The van der Waals surface area contributed by atoms with Gasteiger partial charge in [-0.3, -0.25) is 0 Å². The third-order valence-electron chi connectivity index (χ3n) is 2.94. The number of halogens is 1. The highest BCUT2D eigenvalue weighted by Crippen LogP contribution is 2.26. The molecule has 0 saturated heterocycles. The zero-order chi connectivity index (χ0) is 15.1. The molecule has 112 valence electrons. The average Bonchev–Trinajstić information content (AvgIpc) is 2.39. The van der Waals surface area contributed by atoms with Crippen LogP contribution in [0.1, 0.15) is 44.0 Å². The summed E-state index contributed by atoms with van der Waals surface area (Å²) in [5, 5.41) is 0. The Morgan fingerprint density at radius 2 is 1.85 bits per heavy atom. The van der Waals surface area contributed by atoms with Gasteiger partial charge in [-0.1, -0.05) is 13.8 Å². The molecule has 0 spiro atoms. The average molecular weight is 282 g/mol. The van der Waals surface area contributed by atoms with Crippen LogP contribution in [-0.2, 0) is 4.74 Å². The largest absolute Gasteiger partial charge is 0.462 e. The summed E-state index contributed by atoms with van der Waals surface area (Å²) < 4.78 is 19.0. The third kappa shape index (κ3) is 3.85. The molecule has 0 fully saturated rings. The molecule has 0 bridgehead atoms. The van der Waals surface area contributed by atoms with Gasteiger partial charge in [0.1, 0.15) is 5.82 Å². The van der Waals surface area contributed by atoms with E-state index in [1.807, 2.05) is 18.7 Å². The predicted octanol–water partition coefficient (Wildman–Crippen LogP) is 3.21. The maximum Gasteiger partial charge on any atom is 0.340 e. The van der Waals surface area contributed by atoms with Gasteiger partial charge in [-0.2, -0.15) is 0 Å². The number of esters is 1. The van der Waals surface area contributed by atoms with Crippen LogP contribution in [0.15, 0.2) is 12.1 Å². The molecular formula is C15H23FN2O2. The zero-order valence-corrected chi connectivity index (χ0v) is 12.4. The molecule has 1 rings (SSSR count). The molecule has 2 N–H and O–H groups in total. The molecule has 0 atom stereocenters. The minimum atomic E-state index is -0.515. The quantitative estimate of drug-likeness (QED) is 0.616. The lowest BCUT2D eigenvalue weighted by Gasteiger charge is -2.25. The number of ether oxygens (including phenoxy) is 1. The Bertz CT molecular complexity index is 457. The Morgan fingerprint density at radius 1 is 1.25 bits per heavy atom. The van der Waals surface area contributed by atoms with Crippen LogP contribution in [0.2, 0.25) is 0 Å². The van der Waals surface area contributed by atoms with Crippen LogP contribution >= 0.6 is 0 Å². The molecule has 0 unspecified atom stereocenters. The van der Waals surface area contributed by atoms with Crippen LogP contribution in [0.25, 0.3) is 0 Å². The van der Waals surface area contributed by atoms with Crippen LogP contribution in [0.3, 0.4) is 0 Å². The molecule has 0 aliphatic rings. The number of hydrogen-bond donors (Lipinski definition) is 1. The fraction of sp³-hybridized carbons (Fsp3) is 0.533. The lowest BCUT2D eigenvalue weighted by Crippen LogP contribution is -2.26. The van der Waals surface area contributed by atoms with Gasteiger partial charge in [0.25, 0.3) is 0 Å². The highest BCUT2D eigenvalue weighted by Gasteiger charge is 2.18. The topological polar surface area (TPSA) is 55.6 Å². The Morgan fingerprint density at radius 3 is 2.35 bits per heavy atom. The van der Waals surface area contributed by atoms with Crippen molar-refractivity contribution in [1.82, 2.24) is 0 Å². The summed E-state index contributed by atoms with van der Waals surface area (Å²) in [6.07, 6.45) is 1.80. The number of nitrogens with two attached hydrogens (primary N) is 1. The number of benzene rings is 1. The van der Waals surface area contributed by atoms with Crippen molar-refractivity contribution in [1.29, 1.82) is 0 Å². The second kappa shape index (κ2) is 7.72. The number of carbonyl (C=O) groups is 1. The Labute approximate surface area is 119 Å². The van der Waals surface area contributed by atoms with E-state index >= 15 is 0 Å². The van der Waals surface area contributed by atoms with Gasteiger partial charge in [0.2, 0.25) is 0 Å². The molecule has 0 aliphatic carbocycles.